The summed E-state index contributed by atoms with van der Waals surface area (Å²) in [7, 11) is 0. The highest BCUT2D eigenvalue weighted by Crippen LogP contribution is 2.50. The molecule has 214 valence electrons. The Morgan fingerprint density at radius 2 is 1.78 bits per heavy atom. The summed E-state index contributed by atoms with van der Waals surface area (Å²) in [5, 5.41) is 43.0. The van der Waals surface area contributed by atoms with Crippen LogP contribution in [0.3, 0.4) is 0 Å². The van der Waals surface area contributed by atoms with E-state index >= 15 is 0 Å². The van der Waals surface area contributed by atoms with Crippen LogP contribution >= 0.6 is 0 Å². The number of nitrogens with one attached hydrogen (secondary N) is 1. The van der Waals surface area contributed by atoms with Crippen molar-refractivity contribution >= 4 is 0 Å². The van der Waals surface area contributed by atoms with Gasteiger partial charge in [-0.3, -0.25) is 4.90 Å². The van der Waals surface area contributed by atoms with E-state index in [9.17, 15) is 20.4 Å². The van der Waals surface area contributed by atoms with Crippen molar-refractivity contribution in [3.05, 3.63) is 107 Å². The van der Waals surface area contributed by atoms with Gasteiger partial charge in [0, 0.05) is 30.6 Å². The molecule has 0 saturated carbocycles. The van der Waals surface area contributed by atoms with E-state index in [4.69, 9.17) is 0 Å². The fraction of sp³-hybridized carbons (Fsp3) is 0.314. The van der Waals surface area contributed by atoms with Gasteiger partial charge in [0.05, 0.1) is 0 Å². The minimum atomic E-state index is -0.0762. The van der Waals surface area contributed by atoms with E-state index in [1.807, 2.05) is 18.2 Å². The Morgan fingerprint density at radius 3 is 2.54 bits per heavy atom. The summed E-state index contributed by atoms with van der Waals surface area (Å²) in [5.41, 5.74) is 8.95. The molecule has 1 aliphatic carbocycles. The van der Waals surface area contributed by atoms with Crippen molar-refractivity contribution in [1.29, 1.82) is 0 Å². The normalized spacial score (nSPS) is 19.5. The molecule has 2 aliphatic heterocycles. The standard InChI is InChI=1S/C19H21NO2.C16H19NO2/c1-2-9-20-10-8-12-4-3-5-14-17(12)15(20)11-13-6-7-16(21)19(22)18(13)14;1-3-5-11(4-2)14-10-17-7-6-12-8-15(18)16(19)9-13(12)14/h3-7,15,21-22H,2,8-11H2,1H3;3-5,8-9,14,17-19H,1-2,6-7,10H2/b;11-5+/t15-;/m1./s1. The molecule has 41 heavy (non-hydrogen) atoms. The molecular weight excluding hydrogens is 512 g/mol. The molecule has 0 radical (unpaired) electrons. The Bertz CT molecular complexity index is 1490. The third-order valence-corrected chi connectivity index (χ3v) is 8.55. The lowest BCUT2D eigenvalue weighted by molar-refractivity contribution is 0.183. The molecule has 2 heterocycles. The number of benzene rings is 3. The topological polar surface area (TPSA) is 96.2 Å². The predicted molar refractivity (Wildman–Crippen MR) is 165 cm³/mol. The molecule has 0 bridgehead atoms. The quantitative estimate of drug-likeness (QED) is 0.190. The molecule has 1 unspecified atom stereocenters. The SMILES string of the molecule is C=C/C=C(\C=C)C1CNCCc2cc(O)c(O)cc21.CCCN1CCc2cccc3c2[C@H]1Cc1ccc(O)c(O)c1-3. The van der Waals surface area contributed by atoms with Crippen LogP contribution in [-0.4, -0.2) is 51.5 Å². The zero-order valence-corrected chi connectivity index (χ0v) is 23.7. The lowest BCUT2D eigenvalue weighted by atomic mass is 9.76. The van der Waals surface area contributed by atoms with Gasteiger partial charge in [-0.1, -0.05) is 62.6 Å². The number of aromatic hydroxyl groups is 4. The van der Waals surface area contributed by atoms with Crippen LogP contribution in [0.4, 0.5) is 0 Å². The fourth-order valence-electron chi connectivity index (χ4n) is 6.65. The second-order valence-corrected chi connectivity index (χ2v) is 11.0. The summed E-state index contributed by atoms with van der Waals surface area (Å²) >= 11 is 0. The Labute approximate surface area is 242 Å². The molecular formula is C35H40N2O4. The van der Waals surface area contributed by atoms with Gasteiger partial charge in [-0.15, -0.1) is 0 Å². The highest BCUT2D eigenvalue weighted by Gasteiger charge is 2.35. The van der Waals surface area contributed by atoms with Gasteiger partial charge in [0.15, 0.2) is 23.0 Å². The van der Waals surface area contributed by atoms with Gasteiger partial charge >= 0.3 is 0 Å². The number of rotatable bonds is 5. The number of nitrogens with zero attached hydrogens (tertiary/aromatic N) is 1. The van der Waals surface area contributed by atoms with Gasteiger partial charge in [-0.2, -0.15) is 0 Å². The lowest BCUT2D eigenvalue weighted by Crippen LogP contribution is -2.38. The number of hydrogen-bond acceptors (Lipinski definition) is 6. The van der Waals surface area contributed by atoms with Crippen LogP contribution in [0.25, 0.3) is 11.1 Å². The monoisotopic (exact) mass is 552 g/mol. The highest BCUT2D eigenvalue weighted by molar-refractivity contribution is 5.82. The van der Waals surface area contributed by atoms with E-state index in [1.165, 1.54) is 11.1 Å². The maximum absolute atomic E-state index is 10.4. The van der Waals surface area contributed by atoms with Crippen molar-refractivity contribution in [2.45, 2.75) is 44.6 Å². The van der Waals surface area contributed by atoms with Crippen LogP contribution in [0.5, 0.6) is 23.0 Å². The lowest BCUT2D eigenvalue weighted by Gasteiger charge is -2.41. The second kappa shape index (κ2) is 12.2. The third kappa shape index (κ3) is 5.50. The van der Waals surface area contributed by atoms with Crippen LogP contribution < -0.4 is 5.32 Å². The summed E-state index contributed by atoms with van der Waals surface area (Å²) in [6.45, 7) is 13.6. The number of allylic oxidation sites excluding steroid dienone is 3. The first-order valence-electron chi connectivity index (χ1n) is 14.5. The summed E-state index contributed by atoms with van der Waals surface area (Å²) in [4.78, 5) is 2.57. The number of phenols is 4. The van der Waals surface area contributed by atoms with Gasteiger partial charge in [-0.25, -0.2) is 0 Å². The molecule has 0 saturated heterocycles. The van der Waals surface area contributed by atoms with E-state index in [1.54, 1.807) is 24.3 Å². The van der Waals surface area contributed by atoms with E-state index in [2.05, 4.69) is 48.5 Å². The average Bonchev–Trinajstić information content (AvgIpc) is 3.17. The van der Waals surface area contributed by atoms with Crippen molar-refractivity contribution in [1.82, 2.24) is 10.2 Å². The van der Waals surface area contributed by atoms with E-state index < -0.39 is 0 Å². The smallest absolute Gasteiger partial charge is 0.165 e. The average molecular weight is 553 g/mol. The maximum atomic E-state index is 10.4. The van der Waals surface area contributed by atoms with Crippen molar-refractivity contribution in [2.24, 2.45) is 0 Å². The molecule has 6 rings (SSSR count). The summed E-state index contributed by atoms with van der Waals surface area (Å²) in [6, 6.07) is 13.6. The Balaban J connectivity index is 0.000000167. The van der Waals surface area contributed by atoms with Crippen molar-refractivity contribution in [3.63, 3.8) is 0 Å². The Hall–Kier alpha value is -4.00. The predicted octanol–water partition coefficient (Wildman–Crippen LogP) is 6.26. The molecule has 6 nitrogen and oxygen atoms in total. The minimum absolute atomic E-state index is 0.0250. The van der Waals surface area contributed by atoms with Crippen molar-refractivity contribution in [3.8, 4) is 34.1 Å². The molecule has 0 fully saturated rings. The third-order valence-electron chi connectivity index (χ3n) is 8.55. The van der Waals surface area contributed by atoms with Crippen LogP contribution in [0.15, 0.2) is 79.4 Å². The van der Waals surface area contributed by atoms with E-state index in [0.717, 1.165) is 85.3 Å². The highest BCUT2D eigenvalue weighted by atomic mass is 16.3. The van der Waals surface area contributed by atoms with Gasteiger partial charge in [0.1, 0.15) is 0 Å². The first-order chi connectivity index (χ1) is 19.9. The zero-order chi connectivity index (χ0) is 29.1. The molecule has 0 amide bonds. The molecule has 2 atom stereocenters. The largest absolute Gasteiger partial charge is 0.504 e. The fourth-order valence-corrected chi connectivity index (χ4v) is 6.65. The minimum Gasteiger partial charge on any atom is -0.504 e. The maximum Gasteiger partial charge on any atom is 0.165 e. The Morgan fingerprint density at radius 1 is 0.976 bits per heavy atom. The van der Waals surface area contributed by atoms with Crippen LogP contribution in [-0.2, 0) is 19.3 Å². The molecule has 3 aromatic carbocycles. The summed E-state index contributed by atoms with van der Waals surface area (Å²) in [5.74, 6) is -0.0348. The molecule has 0 aromatic heterocycles. The Kier molecular flexibility index (Phi) is 8.52. The van der Waals surface area contributed by atoms with Gasteiger partial charge in [0.2, 0.25) is 0 Å². The number of hydrogen-bond donors (Lipinski definition) is 5. The zero-order valence-electron chi connectivity index (χ0n) is 23.7. The first-order valence-corrected chi connectivity index (χ1v) is 14.5. The van der Waals surface area contributed by atoms with E-state index in [0.29, 0.717) is 6.04 Å². The van der Waals surface area contributed by atoms with Crippen molar-refractivity contribution < 1.29 is 20.4 Å². The molecule has 6 heteroatoms. The number of fused-ring (bicyclic) bond motifs is 3. The summed E-state index contributed by atoms with van der Waals surface area (Å²) < 4.78 is 0. The molecule has 3 aliphatic rings. The van der Waals surface area contributed by atoms with Crippen LogP contribution in [0.1, 0.15) is 53.1 Å². The second-order valence-electron chi connectivity index (χ2n) is 11.0. The van der Waals surface area contributed by atoms with Crippen LogP contribution in [0, 0.1) is 0 Å². The van der Waals surface area contributed by atoms with Crippen LogP contribution in [0.2, 0.25) is 0 Å². The number of phenolic OH excluding ortho intramolecular Hbond substituents is 4. The van der Waals surface area contributed by atoms with Crippen molar-refractivity contribution in [2.75, 3.05) is 26.2 Å². The molecule has 5 N–H and O–H groups in total. The molecule has 0 spiro atoms. The van der Waals surface area contributed by atoms with Gasteiger partial charge in [-0.05, 0) is 95.9 Å². The van der Waals surface area contributed by atoms with Gasteiger partial charge in [0.25, 0.3) is 0 Å². The molecule has 3 aromatic rings. The van der Waals surface area contributed by atoms with Gasteiger partial charge < -0.3 is 25.7 Å². The first kappa shape index (κ1) is 28.5. The summed E-state index contributed by atoms with van der Waals surface area (Å²) in [6.07, 6.45) is 9.44. The van der Waals surface area contributed by atoms with E-state index in [-0.39, 0.29) is 28.9 Å².